The monoisotopic (exact) mass is 686 g/mol. The first-order valence-corrected chi connectivity index (χ1v) is 17.3. The summed E-state index contributed by atoms with van der Waals surface area (Å²) in [4.78, 5) is 46.9. The zero-order valence-electron chi connectivity index (χ0n) is 29.3. The molecular weight excluding hydrogens is 644 g/mol. The van der Waals surface area contributed by atoms with Gasteiger partial charge in [-0.05, 0) is 73.6 Å². The first-order valence-electron chi connectivity index (χ1n) is 17.3. The quantitative estimate of drug-likeness (QED) is 0.182. The molecule has 2 aliphatic heterocycles. The van der Waals surface area contributed by atoms with Crippen molar-refractivity contribution in [3.63, 3.8) is 0 Å². The van der Waals surface area contributed by atoms with Crippen molar-refractivity contribution in [3.05, 3.63) is 120 Å². The number of likely N-dealkylation sites (tertiary alicyclic amines) is 1. The number of hydrogen-bond donors (Lipinski definition) is 2. The second-order valence-corrected chi connectivity index (χ2v) is 14.3. The number of nitrogens with one attached hydrogen (secondary N) is 2. The highest BCUT2D eigenvalue weighted by molar-refractivity contribution is 5.97. The summed E-state index contributed by atoms with van der Waals surface area (Å²) < 4.78 is 17.9. The average molecular weight is 687 g/mol. The number of rotatable bonds is 7. The largest absolute Gasteiger partial charge is 0.444 e. The van der Waals surface area contributed by atoms with E-state index < -0.39 is 29.4 Å². The van der Waals surface area contributed by atoms with E-state index in [1.165, 1.54) is 0 Å². The van der Waals surface area contributed by atoms with E-state index >= 15 is 0 Å². The van der Waals surface area contributed by atoms with Gasteiger partial charge in [-0.15, -0.1) is 0 Å². The number of anilines is 1. The third-order valence-electron chi connectivity index (χ3n) is 9.45. The van der Waals surface area contributed by atoms with Crippen molar-refractivity contribution in [1.82, 2.24) is 15.2 Å². The van der Waals surface area contributed by atoms with Crippen LogP contribution >= 0.6 is 0 Å². The molecule has 0 radical (unpaired) electrons. The molecule has 3 amide bonds. The normalized spacial score (nSPS) is 17.2. The number of fused-ring (bicyclic) bond motifs is 3. The van der Waals surface area contributed by atoms with Crippen LogP contribution < -0.4 is 10.6 Å². The van der Waals surface area contributed by atoms with Gasteiger partial charge < -0.3 is 29.4 Å². The smallest absolute Gasteiger partial charge is 0.408 e. The Balaban J connectivity index is 1.06. The van der Waals surface area contributed by atoms with Crippen LogP contribution in [0, 0.1) is 6.92 Å². The van der Waals surface area contributed by atoms with E-state index in [0.717, 1.165) is 33.3 Å². The lowest BCUT2D eigenvalue weighted by Crippen LogP contribution is -2.54. The Kier molecular flexibility index (Phi) is 9.12. The van der Waals surface area contributed by atoms with Crippen LogP contribution in [-0.2, 0) is 31.1 Å². The highest BCUT2D eigenvalue weighted by Crippen LogP contribution is 2.49. The number of piperidine rings is 1. The summed E-state index contributed by atoms with van der Waals surface area (Å²) in [6.07, 6.45) is -0.178. The number of amides is 3. The third-order valence-corrected chi connectivity index (χ3v) is 9.45. The summed E-state index contributed by atoms with van der Waals surface area (Å²) in [5.74, 6) is 0.0764. The first-order chi connectivity index (χ1) is 24.5. The van der Waals surface area contributed by atoms with Gasteiger partial charge in [-0.1, -0.05) is 78.9 Å². The van der Waals surface area contributed by atoms with Crippen molar-refractivity contribution in [2.24, 2.45) is 0 Å². The van der Waals surface area contributed by atoms with Crippen LogP contribution in [0.4, 0.5) is 10.5 Å². The minimum atomic E-state index is -0.836. The van der Waals surface area contributed by atoms with Crippen molar-refractivity contribution < 1.29 is 28.3 Å². The molecule has 10 heteroatoms. The van der Waals surface area contributed by atoms with Crippen molar-refractivity contribution >= 4 is 34.7 Å². The molecule has 1 fully saturated rings. The Hall–Kier alpha value is -5.48. The Morgan fingerprint density at radius 1 is 0.922 bits per heavy atom. The van der Waals surface area contributed by atoms with Crippen molar-refractivity contribution in [2.75, 3.05) is 18.4 Å². The highest BCUT2D eigenvalue weighted by atomic mass is 16.6. The second kappa shape index (κ2) is 13.7. The van der Waals surface area contributed by atoms with Crippen molar-refractivity contribution in [2.45, 2.75) is 70.3 Å². The topological polar surface area (TPSA) is 123 Å². The Bertz CT molecular complexity index is 2060. The molecule has 7 rings (SSSR count). The highest BCUT2D eigenvalue weighted by Gasteiger charge is 2.49. The minimum Gasteiger partial charge on any atom is -0.444 e. The number of oxazole rings is 1. The van der Waals surface area contributed by atoms with Gasteiger partial charge in [0.15, 0.2) is 17.6 Å². The summed E-state index contributed by atoms with van der Waals surface area (Å²) in [7, 11) is 0. The van der Waals surface area contributed by atoms with Gasteiger partial charge >= 0.3 is 6.09 Å². The fourth-order valence-electron chi connectivity index (χ4n) is 7.06. The van der Waals surface area contributed by atoms with Crippen LogP contribution in [0.1, 0.15) is 62.3 Å². The zero-order valence-corrected chi connectivity index (χ0v) is 29.3. The molecule has 0 aliphatic carbocycles. The van der Waals surface area contributed by atoms with E-state index in [1.54, 1.807) is 44.7 Å². The third kappa shape index (κ3) is 7.37. The van der Waals surface area contributed by atoms with E-state index in [9.17, 15) is 14.4 Å². The predicted octanol–water partition coefficient (Wildman–Crippen LogP) is 7.47. The fourth-order valence-corrected chi connectivity index (χ4v) is 7.06. The maximum atomic E-state index is 14.2. The van der Waals surface area contributed by atoms with Crippen LogP contribution in [0.3, 0.4) is 0 Å². The first kappa shape index (κ1) is 34.0. The molecule has 5 aromatic rings. The minimum absolute atomic E-state index is 0.193. The van der Waals surface area contributed by atoms with Gasteiger partial charge in [0, 0.05) is 38.2 Å². The van der Waals surface area contributed by atoms with Gasteiger partial charge in [-0.25, -0.2) is 9.78 Å². The SMILES string of the molecule is Cc1nc2ccc(NC(=O)C3OC4(CCN(C(=O)[C@H](Cc5ccc(-c6ccccc6)cc5)NC(=O)OC(C)(C)C)CC4)c4ccccc43)cc2o1. The van der Waals surface area contributed by atoms with Crippen LogP contribution in [0.5, 0.6) is 0 Å². The summed E-state index contributed by atoms with van der Waals surface area (Å²) in [5.41, 5.74) is 5.31. The van der Waals surface area contributed by atoms with Crippen molar-refractivity contribution in [1.29, 1.82) is 0 Å². The number of hydrogen-bond acceptors (Lipinski definition) is 7. The lowest BCUT2D eigenvalue weighted by Gasteiger charge is -2.40. The molecule has 2 atom stereocenters. The summed E-state index contributed by atoms with van der Waals surface area (Å²) in [6.45, 7) is 7.93. The van der Waals surface area contributed by atoms with E-state index in [0.29, 0.717) is 49.5 Å². The summed E-state index contributed by atoms with van der Waals surface area (Å²) in [6, 6.07) is 30.4. The van der Waals surface area contributed by atoms with Crippen LogP contribution in [0.2, 0.25) is 0 Å². The molecule has 262 valence electrons. The second-order valence-electron chi connectivity index (χ2n) is 14.3. The molecule has 51 heavy (non-hydrogen) atoms. The molecule has 2 N–H and O–H groups in total. The number of benzene rings is 4. The zero-order chi connectivity index (χ0) is 35.8. The number of carbonyl (C=O) groups excluding carboxylic acids is 3. The molecular formula is C41H42N4O6. The summed E-state index contributed by atoms with van der Waals surface area (Å²) >= 11 is 0. The molecule has 10 nitrogen and oxygen atoms in total. The van der Waals surface area contributed by atoms with E-state index in [1.807, 2.05) is 72.8 Å². The van der Waals surface area contributed by atoms with Gasteiger partial charge in [0.1, 0.15) is 17.2 Å². The van der Waals surface area contributed by atoms with E-state index in [2.05, 4.69) is 27.8 Å². The maximum absolute atomic E-state index is 14.2. The molecule has 2 aliphatic rings. The van der Waals surface area contributed by atoms with Gasteiger partial charge in [-0.3, -0.25) is 9.59 Å². The number of aromatic nitrogens is 1. The fraction of sp³-hybridized carbons (Fsp3) is 0.317. The van der Waals surface area contributed by atoms with Gasteiger partial charge in [0.05, 0.1) is 5.60 Å². The number of aryl methyl sites for hydroxylation is 1. The molecule has 0 saturated carbocycles. The molecule has 1 saturated heterocycles. The molecule has 1 spiro atoms. The maximum Gasteiger partial charge on any atom is 0.408 e. The lowest BCUT2D eigenvalue weighted by molar-refractivity contribution is -0.152. The van der Waals surface area contributed by atoms with Gasteiger partial charge in [0.25, 0.3) is 5.91 Å². The molecule has 1 aromatic heterocycles. The van der Waals surface area contributed by atoms with Gasteiger partial charge in [-0.2, -0.15) is 0 Å². The summed E-state index contributed by atoms with van der Waals surface area (Å²) in [5, 5.41) is 5.84. The molecule has 3 heterocycles. The predicted molar refractivity (Wildman–Crippen MR) is 194 cm³/mol. The van der Waals surface area contributed by atoms with Crippen molar-refractivity contribution in [3.8, 4) is 11.1 Å². The number of ether oxygens (including phenoxy) is 2. The number of carbonyl (C=O) groups is 3. The standard InChI is InChI=1S/C41H42N4O6/c1-26-42-33-19-18-30(25-35(33)49-26)43-37(46)36-31-12-8-9-13-32(31)41(50-36)20-22-45(23-21-41)38(47)34(44-39(48)51-40(2,3)4)24-27-14-16-29(17-15-27)28-10-6-5-7-11-28/h5-19,25,34,36H,20-24H2,1-4H3,(H,43,46)(H,44,48)/t34-,36?/m0/s1. The molecule has 4 aromatic carbocycles. The molecule has 0 bridgehead atoms. The van der Waals surface area contributed by atoms with E-state index in [-0.39, 0.29) is 11.8 Å². The molecule has 1 unspecified atom stereocenters. The van der Waals surface area contributed by atoms with Crippen LogP contribution in [0.25, 0.3) is 22.2 Å². The van der Waals surface area contributed by atoms with Gasteiger partial charge in [0.2, 0.25) is 5.91 Å². The van der Waals surface area contributed by atoms with Crippen LogP contribution in [-0.4, -0.2) is 52.5 Å². The average Bonchev–Trinajstić information content (AvgIpc) is 3.64. The van der Waals surface area contributed by atoms with E-state index in [4.69, 9.17) is 13.9 Å². The number of nitrogens with zero attached hydrogens (tertiary/aromatic N) is 2. The lowest BCUT2D eigenvalue weighted by atomic mass is 9.83. The Morgan fingerprint density at radius 2 is 1.61 bits per heavy atom. The van der Waals surface area contributed by atoms with Crippen LogP contribution in [0.15, 0.2) is 101 Å². The Morgan fingerprint density at radius 3 is 2.33 bits per heavy atom. The Labute approximate surface area is 297 Å². The number of alkyl carbamates (subject to hydrolysis) is 1.